The molecule has 0 unspecified atom stereocenters. The lowest BCUT2D eigenvalue weighted by Crippen LogP contribution is -2.48. The Labute approximate surface area is 129 Å². The Morgan fingerprint density at radius 2 is 2.09 bits per heavy atom. The van der Waals surface area contributed by atoms with Crippen molar-refractivity contribution < 1.29 is 9.53 Å². The number of aromatic nitrogens is 3. The van der Waals surface area contributed by atoms with Crippen molar-refractivity contribution in [2.24, 2.45) is 0 Å². The van der Waals surface area contributed by atoms with E-state index in [1.54, 1.807) is 11.0 Å². The van der Waals surface area contributed by atoms with Crippen molar-refractivity contribution in [3.63, 3.8) is 0 Å². The van der Waals surface area contributed by atoms with Crippen molar-refractivity contribution in [2.75, 3.05) is 13.1 Å². The SMILES string of the molecule is C[C@@H]1CN(C(=O)[C@H](C)n2cncn2)C[C@H](c2ccccc2)O1. The molecule has 2 heterocycles. The van der Waals surface area contributed by atoms with Crippen molar-refractivity contribution in [3.05, 3.63) is 48.5 Å². The number of nitrogens with zero attached hydrogens (tertiary/aromatic N) is 4. The van der Waals surface area contributed by atoms with Crippen LogP contribution in [0.5, 0.6) is 0 Å². The van der Waals surface area contributed by atoms with Crippen LogP contribution in [0.15, 0.2) is 43.0 Å². The molecule has 22 heavy (non-hydrogen) atoms. The number of carbonyl (C=O) groups excluding carboxylic acids is 1. The van der Waals surface area contributed by atoms with Crippen molar-refractivity contribution in [1.29, 1.82) is 0 Å². The molecule has 116 valence electrons. The Kier molecular flexibility index (Phi) is 4.20. The summed E-state index contributed by atoms with van der Waals surface area (Å²) < 4.78 is 7.58. The van der Waals surface area contributed by atoms with Crippen LogP contribution in [-0.2, 0) is 9.53 Å². The van der Waals surface area contributed by atoms with Gasteiger partial charge in [0, 0.05) is 6.54 Å². The van der Waals surface area contributed by atoms with Crippen LogP contribution in [-0.4, -0.2) is 44.8 Å². The van der Waals surface area contributed by atoms with Gasteiger partial charge in [0.25, 0.3) is 0 Å². The zero-order valence-electron chi connectivity index (χ0n) is 12.8. The molecule has 1 aromatic heterocycles. The number of rotatable bonds is 3. The fourth-order valence-corrected chi connectivity index (χ4v) is 2.78. The smallest absolute Gasteiger partial charge is 0.247 e. The minimum Gasteiger partial charge on any atom is -0.367 e. The third-order valence-electron chi connectivity index (χ3n) is 3.93. The average Bonchev–Trinajstić information content (AvgIpc) is 3.08. The van der Waals surface area contributed by atoms with Gasteiger partial charge in [-0.05, 0) is 19.4 Å². The Morgan fingerprint density at radius 1 is 1.32 bits per heavy atom. The van der Waals surface area contributed by atoms with E-state index in [-0.39, 0.29) is 24.2 Å². The number of ether oxygens (including phenoxy) is 1. The van der Waals surface area contributed by atoms with Gasteiger partial charge in [-0.15, -0.1) is 0 Å². The lowest BCUT2D eigenvalue weighted by atomic mass is 10.1. The second-order valence-electron chi connectivity index (χ2n) is 5.64. The van der Waals surface area contributed by atoms with Crippen LogP contribution in [0.4, 0.5) is 0 Å². The van der Waals surface area contributed by atoms with Gasteiger partial charge >= 0.3 is 0 Å². The monoisotopic (exact) mass is 300 g/mol. The molecule has 1 aromatic carbocycles. The molecule has 6 heteroatoms. The minimum absolute atomic E-state index is 0.00542. The fourth-order valence-electron chi connectivity index (χ4n) is 2.78. The molecule has 0 saturated carbocycles. The van der Waals surface area contributed by atoms with E-state index in [9.17, 15) is 4.79 Å². The van der Waals surface area contributed by atoms with Gasteiger partial charge < -0.3 is 9.64 Å². The van der Waals surface area contributed by atoms with Crippen molar-refractivity contribution in [1.82, 2.24) is 19.7 Å². The first kappa shape index (κ1) is 14.7. The first-order chi connectivity index (χ1) is 10.6. The normalized spacial score (nSPS) is 23.3. The van der Waals surface area contributed by atoms with Crippen LogP contribution in [0.25, 0.3) is 0 Å². The quantitative estimate of drug-likeness (QED) is 0.867. The predicted octanol–water partition coefficient (Wildman–Crippen LogP) is 1.83. The Bertz CT molecular complexity index is 614. The second-order valence-corrected chi connectivity index (χ2v) is 5.64. The summed E-state index contributed by atoms with van der Waals surface area (Å²) in [6, 6.07) is 9.66. The zero-order valence-corrected chi connectivity index (χ0v) is 12.8. The molecule has 0 spiro atoms. The number of hydrogen-bond acceptors (Lipinski definition) is 4. The molecule has 3 atom stereocenters. The third-order valence-corrected chi connectivity index (χ3v) is 3.93. The van der Waals surface area contributed by atoms with E-state index in [0.717, 1.165) is 5.56 Å². The maximum Gasteiger partial charge on any atom is 0.247 e. The minimum atomic E-state index is -0.357. The Balaban J connectivity index is 1.75. The molecule has 1 aliphatic rings. The third kappa shape index (κ3) is 3.01. The van der Waals surface area contributed by atoms with Gasteiger partial charge in [0.2, 0.25) is 5.91 Å². The molecule has 2 aromatic rings. The maximum absolute atomic E-state index is 12.7. The molecule has 1 saturated heterocycles. The summed E-state index contributed by atoms with van der Waals surface area (Å²) in [6.45, 7) is 5.00. The van der Waals surface area contributed by atoms with Gasteiger partial charge in [-0.1, -0.05) is 30.3 Å². The number of carbonyl (C=O) groups is 1. The van der Waals surface area contributed by atoms with E-state index in [2.05, 4.69) is 10.1 Å². The predicted molar refractivity (Wildman–Crippen MR) is 81.0 cm³/mol. The lowest BCUT2D eigenvalue weighted by molar-refractivity contribution is -0.148. The van der Waals surface area contributed by atoms with Gasteiger partial charge in [-0.25, -0.2) is 9.67 Å². The van der Waals surface area contributed by atoms with E-state index >= 15 is 0 Å². The highest BCUT2D eigenvalue weighted by Gasteiger charge is 2.32. The largest absolute Gasteiger partial charge is 0.367 e. The number of hydrogen-bond donors (Lipinski definition) is 0. The standard InChI is InChI=1S/C16H20N4O2/c1-12-8-19(16(21)13(2)20-11-17-10-18-20)9-15(22-12)14-6-4-3-5-7-14/h3-7,10-13,15H,8-9H2,1-2H3/t12-,13+,15-/m1/s1. The molecule has 1 fully saturated rings. The first-order valence-corrected chi connectivity index (χ1v) is 7.48. The maximum atomic E-state index is 12.7. The van der Waals surface area contributed by atoms with Crippen LogP contribution in [0, 0.1) is 0 Å². The van der Waals surface area contributed by atoms with Gasteiger partial charge in [0.15, 0.2) is 0 Å². The number of morpholine rings is 1. The topological polar surface area (TPSA) is 60.2 Å². The van der Waals surface area contributed by atoms with E-state index in [1.807, 2.05) is 49.1 Å². The second kappa shape index (κ2) is 6.27. The molecule has 1 amide bonds. The highest BCUT2D eigenvalue weighted by atomic mass is 16.5. The Hall–Kier alpha value is -2.21. The summed E-state index contributed by atoms with van der Waals surface area (Å²) in [5.41, 5.74) is 1.10. The number of benzene rings is 1. The summed E-state index contributed by atoms with van der Waals surface area (Å²) in [5, 5.41) is 4.06. The molecule has 1 aliphatic heterocycles. The Morgan fingerprint density at radius 3 is 2.77 bits per heavy atom. The van der Waals surface area contributed by atoms with Crippen LogP contribution in [0.1, 0.15) is 31.6 Å². The number of amides is 1. The molecule has 0 N–H and O–H groups in total. The average molecular weight is 300 g/mol. The molecular weight excluding hydrogens is 280 g/mol. The molecule has 0 bridgehead atoms. The summed E-state index contributed by atoms with van der Waals surface area (Å²) in [7, 11) is 0. The first-order valence-electron chi connectivity index (χ1n) is 7.48. The summed E-state index contributed by atoms with van der Waals surface area (Å²) in [5.74, 6) is 0.0431. The summed E-state index contributed by atoms with van der Waals surface area (Å²) >= 11 is 0. The van der Waals surface area contributed by atoms with Gasteiger partial charge in [-0.3, -0.25) is 4.79 Å². The lowest BCUT2D eigenvalue weighted by Gasteiger charge is -2.38. The van der Waals surface area contributed by atoms with Crippen molar-refractivity contribution in [2.45, 2.75) is 32.1 Å². The van der Waals surface area contributed by atoms with Gasteiger partial charge in [0.05, 0.1) is 12.6 Å². The fraction of sp³-hybridized carbons (Fsp3) is 0.438. The molecule has 3 rings (SSSR count). The van der Waals surface area contributed by atoms with E-state index in [4.69, 9.17) is 4.74 Å². The van der Waals surface area contributed by atoms with Crippen LogP contribution in [0.2, 0.25) is 0 Å². The van der Waals surface area contributed by atoms with Gasteiger partial charge in [0.1, 0.15) is 24.8 Å². The van der Waals surface area contributed by atoms with Crippen molar-refractivity contribution >= 4 is 5.91 Å². The van der Waals surface area contributed by atoms with E-state index in [0.29, 0.717) is 13.1 Å². The molecule has 0 radical (unpaired) electrons. The highest BCUT2D eigenvalue weighted by Crippen LogP contribution is 2.26. The summed E-state index contributed by atoms with van der Waals surface area (Å²) in [4.78, 5) is 18.5. The summed E-state index contributed by atoms with van der Waals surface area (Å²) in [6.07, 6.45) is 2.93. The molecular formula is C16H20N4O2. The van der Waals surface area contributed by atoms with Crippen LogP contribution >= 0.6 is 0 Å². The zero-order chi connectivity index (χ0) is 15.5. The molecule has 0 aliphatic carbocycles. The molecule has 6 nitrogen and oxygen atoms in total. The van der Waals surface area contributed by atoms with Crippen LogP contribution in [0.3, 0.4) is 0 Å². The van der Waals surface area contributed by atoms with Gasteiger partial charge in [-0.2, -0.15) is 5.10 Å². The van der Waals surface area contributed by atoms with Crippen LogP contribution < -0.4 is 0 Å². The van der Waals surface area contributed by atoms with Crippen molar-refractivity contribution in [3.8, 4) is 0 Å². The van der Waals surface area contributed by atoms with E-state index < -0.39 is 0 Å². The van der Waals surface area contributed by atoms with E-state index in [1.165, 1.54) is 6.33 Å². The highest BCUT2D eigenvalue weighted by molar-refractivity contribution is 5.80.